The summed E-state index contributed by atoms with van der Waals surface area (Å²) in [5.74, 6) is 1.24. The Balaban J connectivity index is 1.60. The predicted octanol–water partition coefficient (Wildman–Crippen LogP) is 3.89. The van der Waals surface area contributed by atoms with Crippen LogP contribution < -0.4 is 10.1 Å². The molecule has 1 aromatic heterocycles. The van der Waals surface area contributed by atoms with E-state index in [4.69, 9.17) is 9.47 Å². The van der Waals surface area contributed by atoms with Crippen LogP contribution in [-0.4, -0.2) is 35.3 Å². The number of benzene rings is 1. The number of hydrogen-bond donors (Lipinski definition) is 1. The van der Waals surface area contributed by atoms with Gasteiger partial charge in [-0.15, -0.1) is 0 Å². The molecule has 2 heterocycles. The number of hydrogen-bond acceptors (Lipinski definition) is 5. The van der Waals surface area contributed by atoms with Gasteiger partial charge in [-0.05, 0) is 49.5 Å². The molecular weight excluding hydrogens is 345 g/mol. The quantitative estimate of drug-likeness (QED) is 0.714. The maximum absolute atomic E-state index is 14.2. The van der Waals surface area contributed by atoms with E-state index in [1.54, 1.807) is 0 Å². The molecule has 1 aliphatic carbocycles. The fraction of sp³-hybridized carbons (Fsp3) is 0.429. The molecule has 1 N–H and O–H groups in total. The van der Waals surface area contributed by atoms with E-state index in [0.29, 0.717) is 25.5 Å². The minimum absolute atomic E-state index is 0.160. The lowest BCUT2D eigenvalue weighted by molar-refractivity contribution is 0.0429. The second kappa shape index (κ2) is 8.48. The molecule has 2 unspecified atom stereocenters. The average Bonchev–Trinajstić information content (AvgIpc) is 2.67. The molecule has 1 aromatic carbocycles. The van der Waals surface area contributed by atoms with Gasteiger partial charge in [-0.2, -0.15) is 0 Å². The third-order valence-corrected chi connectivity index (χ3v) is 4.96. The number of ether oxygens (including phenoxy) is 2. The van der Waals surface area contributed by atoms with Crippen molar-refractivity contribution in [1.29, 1.82) is 0 Å². The van der Waals surface area contributed by atoms with Crippen molar-refractivity contribution in [2.24, 2.45) is 0 Å². The first-order valence-corrected chi connectivity index (χ1v) is 9.52. The van der Waals surface area contributed by atoms with Crippen molar-refractivity contribution in [1.82, 2.24) is 9.97 Å². The van der Waals surface area contributed by atoms with E-state index in [2.05, 4.69) is 15.3 Å². The minimum Gasteiger partial charge on any atom is -0.490 e. The lowest BCUT2D eigenvalue weighted by Gasteiger charge is -2.30. The lowest BCUT2D eigenvalue weighted by atomic mass is 9.93. The molecule has 27 heavy (non-hydrogen) atoms. The van der Waals surface area contributed by atoms with Crippen molar-refractivity contribution in [3.8, 4) is 5.75 Å². The average molecular weight is 369 g/mol. The normalized spacial score (nSPS) is 24.2. The van der Waals surface area contributed by atoms with Gasteiger partial charge in [-0.3, -0.25) is 0 Å². The zero-order chi connectivity index (χ0) is 18.5. The van der Waals surface area contributed by atoms with Crippen molar-refractivity contribution in [2.75, 3.05) is 18.5 Å². The Morgan fingerprint density at radius 3 is 3.04 bits per heavy atom. The summed E-state index contributed by atoms with van der Waals surface area (Å²) in [6, 6.07) is 7.99. The van der Waals surface area contributed by atoms with Gasteiger partial charge in [-0.1, -0.05) is 18.2 Å². The third-order valence-electron chi connectivity index (χ3n) is 4.96. The van der Waals surface area contributed by atoms with E-state index < -0.39 is 5.82 Å². The van der Waals surface area contributed by atoms with Crippen LogP contribution >= 0.6 is 0 Å². The van der Waals surface area contributed by atoms with Crippen molar-refractivity contribution < 1.29 is 13.9 Å². The van der Waals surface area contributed by atoms with E-state index in [0.717, 1.165) is 37.0 Å². The van der Waals surface area contributed by atoms with Crippen molar-refractivity contribution >= 4 is 5.82 Å². The Morgan fingerprint density at radius 2 is 2.07 bits per heavy atom. The molecule has 1 aliphatic heterocycles. The maximum atomic E-state index is 14.2. The summed E-state index contributed by atoms with van der Waals surface area (Å²) >= 11 is 0. The fourth-order valence-electron chi connectivity index (χ4n) is 3.61. The van der Waals surface area contributed by atoms with Crippen LogP contribution in [0.4, 0.5) is 10.2 Å². The molecule has 1 fully saturated rings. The molecule has 2 aliphatic rings. The molecule has 1 saturated carbocycles. The Bertz CT molecular complexity index is 812. The summed E-state index contributed by atoms with van der Waals surface area (Å²) in [5.41, 5.74) is 1.03. The number of anilines is 1. The smallest absolute Gasteiger partial charge is 0.183 e. The second-order valence-corrected chi connectivity index (χ2v) is 7.05. The predicted molar refractivity (Wildman–Crippen MR) is 101 cm³/mol. The van der Waals surface area contributed by atoms with Gasteiger partial charge in [0.25, 0.3) is 0 Å². The van der Waals surface area contributed by atoms with Crippen LogP contribution in [0.5, 0.6) is 5.75 Å². The van der Waals surface area contributed by atoms with Gasteiger partial charge >= 0.3 is 0 Å². The Hall–Kier alpha value is -2.47. The van der Waals surface area contributed by atoms with Crippen molar-refractivity contribution in [3.05, 3.63) is 59.8 Å². The molecule has 2 atom stereocenters. The zero-order valence-corrected chi connectivity index (χ0v) is 15.2. The molecular formula is C21H24FN3O2. The number of rotatable bonds is 0. The van der Waals surface area contributed by atoms with Gasteiger partial charge in [0.2, 0.25) is 0 Å². The Kier molecular flexibility index (Phi) is 5.63. The number of fused-ring (bicyclic) bond motifs is 6. The lowest BCUT2D eigenvalue weighted by Crippen LogP contribution is -2.32. The SMILES string of the molecule is Fc1cnc2nc1NC1CCCC(C1)OC/C=C\COc1cccc(c1)C2. The first kappa shape index (κ1) is 17.9. The van der Waals surface area contributed by atoms with Crippen LogP contribution in [0.2, 0.25) is 0 Å². The van der Waals surface area contributed by atoms with Crippen LogP contribution in [0.1, 0.15) is 37.1 Å². The highest BCUT2D eigenvalue weighted by Gasteiger charge is 2.23. The molecule has 0 spiro atoms. The van der Waals surface area contributed by atoms with Crippen molar-refractivity contribution in [2.45, 2.75) is 44.2 Å². The summed E-state index contributed by atoms with van der Waals surface area (Å²) < 4.78 is 26.0. The van der Waals surface area contributed by atoms with Gasteiger partial charge < -0.3 is 14.8 Å². The molecule has 5 nitrogen and oxygen atoms in total. The summed E-state index contributed by atoms with van der Waals surface area (Å²) in [4.78, 5) is 8.59. The summed E-state index contributed by atoms with van der Waals surface area (Å²) in [5, 5.41) is 3.27. The standard InChI is InChI=1S/C21H24FN3O2/c22-19-14-23-20-12-15-5-3-7-17(11-15)26-9-1-2-10-27-18-8-4-6-16(13-18)24-21(19)25-20/h1-3,5,7,11,14,16,18H,4,6,8-10,12-13H2,(H,23,24,25)/b2-1-. The largest absolute Gasteiger partial charge is 0.490 e. The van der Waals surface area contributed by atoms with Crippen LogP contribution in [0.3, 0.4) is 0 Å². The monoisotopic (exact) mass is 369 g/mol. The highest BCUT2D eigenvalue weighted by Crippen LogP contribution is 2.25. The van der Waals surface area contributed by atoms with E-state index in [1.165, 1.54) is 6.20 Å². The molecule has 2 aromatic rings. The van der Waals surface area contributed by atoms with Crippen LogP contribution in [0, 0.1) is 5.82 Å². The van der Waals surface area contributed by atoms with Crippen molar-refractivity contribution in [3.63, 3.8) is 0 Å². The first-order chi connectivity index (χ1) is 13.3. The van der Waals surface area contributed by atoms with E-state index in [-0.39, 0.29) is 18.0 Å². The Morgan fingerprint density at radius 1 is 1.15 bits per heavy atom. The molecule has 6 heteroatoms. The molecule has 6 bridgehead atoms. The van der Waals surface area contributed by atoms with E-state index in [1.807, 2.05) is 36.4 Å². The number of nitrogens with one attached hydrogen (secondary N) is 1. The number of halogens is 1. The molecule has 0 saturated heterocycles. The van der Waals surface area contributed by atoms with Gasteiger partial charge in [0.1, 0.15) is 18.2 Å². The van der Waals surface area contributed by atoms with Gasteiger partial charge in [0.15, 0.2) is 11.6 Å². The first-order valence-electron chi connectivity index (χ1n) is 9.52. The summed E-state index contributed by atoms with van der Waals surface area (Å²) in [6.45, 7) is 1.06. The highest BCUT2D eigenvalue weighted by molar-refractivity contribution is 5.38. The number of nitrogens with zero attached hydrogens (tertiary/aromatic N) is 2. The molecule has 0 radical (unpaired) electrons. The van der Waals surface area contributed by atoms with E-state index >= 15 is 0 Å². The molecule has 4 rings (SSSR count). The fourth-order valence-corrected chi connectivity index (χ4v) is 3.61. The summed E-state index contributed by atoms with van der Waals surface area (Å²) in [7, 11) is 0. The number of aromatic nitrogens is 2. The topological polar surface area (TPSA) is 56.3 Å². The second-order valence-electron chi connectivity index (χ2n) is 7.05. The maximum Gasteiger partial charge on any atom is 0.183 e. The van der Waals surface area contributed by atoms with Gasteiger partial charge in [0.05, 0.1) is 18.9 Å². The van der Waals surface area contributed by atoms with Gasteiger partial charge in [-0.25, -0.2) is 14.4 Å². The summed E-state index contributed by atoms with van der Waals surface area (Å²) in [6.07, 6.45) is 9.86. The minimum atomic E-state index is -0.417. The van der Waals surface area contributed by atoms with E-state index in [9.17, 15) is 4.39 Å². The zero-order valence-electron chi connectivity index (χ0n) is 15.2. The van der Waals surface area contributed by atoms with Crippen LogP contribution in [0.15, 0.2) is 42.6 Å². The molecule has 142 valence electrons. The van der Waals surface area contributed by atoms with Crippen LogP contribution in [0.25, 0.3) is 0 Å². The third kappa shape index (κ3) is 4.83. The molecule has 0 amide bonds. The highest BCUT2D eigenvalue weighted by atomic mass is 19.1. The van der Waals surface area contributed by atoms with Gasteiger partial charge in [0, 0.05) is 12.5 Å². The Labute approximate surface area is 158 Å². The van der Waals surface area contributed by atoms with Crippen LogP contribution in [-0.2, 0) is 11.2 Å².